The molecule has 0 aromatic heterocycles. The topological polar surface area (TPSA) is 52.6 Å². The molecule has 1 rings (SSSR count). The monoisotopic (exact) mass is 308 g/mol. The van der Waals surface area contributed by atoms with Crippen LogP contribution in [0.2, 0.25) is 0 Å². The highest BCUT2D eigenvalue weighted by Crippen LogP contribution is 2.24. The van der Waals surface area contributed by atoms with Crippen LogP contribution in [0.15, 0.2) is 24.3 Å². The Balaban J connectivity index is 2.45. The van der Waals surface area contributed by atoms with Crippen LogP contribution in [0.25, 0.3) is 0 Å². The van der Waals surface area contributed by atoms with Gasteiger partial charge in [-0.3, -0.25) is 9.59 Å². The first-order valence-corrected chi connectivity index (χ1v) is 8.36. The van der Waals surface area contributed by atoms with Crippen molar-refractivity contribution in [2.75, 3.05) is 0 Å². The minimum absolute atomic E-state index is 0.247. The molecular weight excluding hydrogens is 280 g/mol. The standard InChI is InChI=1S/C18H28O4/c1-3-5-7-13-17(19)21-15-11-9-10-12-16(15)22-18(20)14-8-6-4-2/h5-8,15-16H,3-4,9-14H2,1-2H3. The van der Waals surface area contributed by atoms with Crippen LogP contribution < -0.4 is 0 Å². The molecule has 1 fully saturated rings. The fourth-order valence-corrected chi connectivity index (χ4v) is 2.46. The molecule has 0 aliphatic heterocycles. The average molecular weight is 308 g/mol. The van der Waals surface area contributed by atoms with Crippen LogP contribution in [0.5, 0.6) is 0 Å². The van der Waals surface area contributed by atoms with Gasteiger partial charge < -0.3 is 9.47 Å². The van der Waals surface area contributed by atoms with Gasteiger partial charge in [-0.25, -0.2) is 0 Å². The number of carbonyl (C=O) groups is 2. The van der Waals surface area contributed by atoms with E-state index in [1.54, 1.807) is 0 Å². The summed E-state index contributed by atoms with van der Waals surface area (Å²) in [4.78, 5) is 23.6. The van der Waals surface area contributed by atoms with Crippen molar-refractivity contribution in [3.63, 3.8) is 0 Å². The molecule has 0 amide bonds. The molecule has 1 aliphatic rings. The van der Waals surface area contributed by atoms with Crippen molar-refractivity contribution in [1.82, 2.24) is 0 Å². The van der Waals surface area contributed by atoms with Crippen LogP contribution in [0.1, 0.15) is 65.2 Å². The zero-order valence-electron chi connectivity index (χ0n) is 13.8. The Kier molecular flexibility index (Phi) is 9.28. The molecule has 2 atom stereocenters. The van der Waals surface area contributed by atoms with Gasteiger partial charge >= 0.3 is 11.9 Å². The lowest BCUT2D eigenvalue weighted by molar-refractivity contribution is -0.170. The summed E-state index contributed by atoms with van der Waals surface area (Å²) >= 11 is 0. The molecule has 0 aromatic rings. The number of esters is 2. The van der Waals surface area contributed by atoms with Gasteiger partial charge in [0.15, 0.2) is 0 Å². The second-order valence-electron chi connectivity index (χ2n) is 5.51. The van der Waals surface area contributed by atoms with Crippen LogP contribution in [0.4, 0.5) is 0 Å². The predicted molar refractivity (Wildman–Crippen MR) is 86.3 cm³/mol. The van der Waals surface area contributed by atoms with Crippen LogP contribution in [-0.2, 0) is 19.1 Å². The summed E-state index contributed by atoms with van der Waals surface area (Å²) in [5, 5.41) is 0. The van der Waals surface area contributed by atoms with Crippen molar-refractivity contribution < 1.29 is 19.1 Å². The van der Waals surface area contributed by atoms with E-state index in [1.807, 2.05) is 38.2 Å². The van der Waals surface area contributed by atoms with Gasteiger partial charge in [0.1, 0.15) is 12.2 Å². The van der Waals surface area contributed by atoms with E-state index in [0.29, 0.717) is 0 Å². The zero-order valence-corrected chi connectivity index (χ0v) is 13.8. The summed E-state index contributed by atoms with van der Waals surface area (Å²) in [5.41, 5.74) is 0. The Morgan fingerprint density at radius 1 is 0.818 bits per heavy atom. The van der Waals surface area contributed by atoms with E-state index >= 15 is 0 Å². The highest BCUT2D eigenvalue weighted by molar-refractivity contribution is 5.72. The molecule has 0 bridgehead atoms. The zero-order chi connectivity index (χ0) is 16.2. The number of hydrogen-bond acceptors (Lipinski definition) is 4. The Morgan fingerprint density at radius 2 is 1.23 bits per heavy atom. The van der Waals surface area contributed by atoms with E-state index < -0.39 is 0 Å². The summed E-state index contributed by atoms with van der Waals surface area (Å²) in [6.45, 7) is 4.04. The highest BCUT2D eigenvalue weighted by atomic mass is 16.6. The van der Waals surface area contributed by atoms with Crippen molar-refractivity contribution in [2.45, 2.75) is 77.4 Å². The van der Waals surface area contributed by atoms with Gasteiger partial charge in [0.2, 0.25) is 0 Å². The second kappa shape index (κ2) is 11.0. The van der Waals surface area contributed by atoms with Gasteiger partial charge in [0.25, 0.3) is 0 Å². The third kappa shape index (κ3) is 7.43. The summed E-state index contributed by atoms with van der Waals surface area (Å²) in [6.07, 6.45) is 12.9. The normalized spacial score (nSPS) is 22.1. The molecule has 22 heavy (non-hydrogen) atoms. The number of ether oxygens (including phenoxy) is 2. The fraction of sp³-hybridized carbons (Fsp3) is 0.667. The molecule has 0 saturated heterocycles. The molecular formula is C18H28O4. The molecule has 0 heterocycles. The summed E-state index contributed by atoms with van der Waals surface area (Å²) in [6, 6.07) is 0. The Hall–Kier alpha value is -1.58. The third-order valence-corrected chi connectivity index (χ3v) is 3.58. The fourth-order valence-electron chi connectivity index (χ4n) is 2.46. The summed E-state index contributed by atoms with van der Waals surface area (Å²) < 4.78 is 11.0. The minimum Gasteiger partial charge on any atom is -0.458 e. The quantitative estimate of drug-likeness (QED) is 0.500. The van der Waals surface area contributed by atoms with Gasteiger partial charge in [0.05, 0.1) is 12.8 Å². The molecule has 2 unspecified atom stereocenters. The van der Waals surface area contributed by atoms with Crippen molar-refractivity contribution >= 4 is 11.9 Å². The van der Waals surface area contributed by atoms with Crippen LogP contribution >= 0.6 is 0 Å². The molecule has 0 aromatic carbocycles. The van der Waals surface area contributed by atoms with Gasteiger partial charge in [0, 0.05) is 0 Å². The number of carbonyl (C=O) groups excluding carboxylic acids is 2. The van der Waals surface area contributed by atoms with Gasteiger partial charge in [-0.2, -0.15) is 0 Å². The first kappa shape index (κ1) is 18.5. The maximum atomic E-state index is 11.8. The smallest absolute Gasteiger partial charge is 0.310 e. The van der Waals surface area contributed by atoms with E-state index in [-0.39, 0.29) is 37.0 Å². The highest BCUT2D eigenvalue weighted by Gasteiger charge is 2.30. The predicted octanol–water partition coefficient (Wildman–Crippen LogP) is 4.10. The van der Waals surface area contributed by atoms with Gasteiger partial charge in [-0.05, 0) is 38.5 Å². The van der Waals surface area contributed by atoms with E-state index in [1.165, 1.54) is 0 Å². The number of rotatable bonds is 8. The lowest BCUT2D eigenvalue weighted by Crippen LogP contribution is -2.37. The van der Waals surface area contributed by atoms with Crippen molar-refractivity contribution in [3.8, 4) is 0 Å². The molecule has 0 radical (unpaired) electrons. The molecule has 4 nitrogen and oxygen atoms in total. The molecule has 124 valence electrons. The van der Waals surface area contributed by atoms with E-state index in [4.69, 9.17) is 9.47 Å². The van der Waals surface area contributed by atoms with E-state index in [9.17, 15) is 9.59 Å². The Labute approximate surface area is 133 Å². The summed E-state index contributed by atoms with van der Waals surface area (Å²) in [5.74, 6) is -0.493. The molecule has 1 aliphatic carbocycles. The van der Waals surface area contributed by atoms with Crippen molar-refractivity contribution in [3.05, 3.63) is 24.3 Å². The maximum absolute atomic E-state index is 11.8. The van der Waals surface area contributed by atoms with Gasteiger partial charge in [-0.15, -0.1) is 0 Å². The number of allylic oxidation sites excluding steroid dienone is 2. The first-order valence-electron chi connectivity index (χ1n) is 8.36. The molecule has 1 saturated carbocycles. The van der Waals surface area contributed by atoms with E-state index in [2.05, 4.69) is 0 Å². The SMILES string of the molecule is CCC=CCC(=O)OC1CCCCC1OC(=O)CC=CCC. The summed E-state index contributed by atoms with van der Waals surface area (Å²) in [7, 11) is 0. The number of hydrogen-bond donors (Lipinski definition) is 0. The third-order valence-electron chi connectivity index (χ3n) is 3.58. The largest absolute Gasteiger partial charge is 0.458 e. The van der Waals surface area contributed by atoms with Crippen LogP contribution in [-0.4, -0.2) is 24.1 Å². The second-order valence-corrected chi connectivity index (χ2v) is 5.51. The van der Waals surface area contributed by atoms with Crippen LogP contribution in [0, 0.1) is 0 Å². The molecule has 0 N–H and O–H groups in total. The van der Waals surface area contributed by atoms with Crippen molar-refractivity contribution in [2.24, 2.45) is 0 Å². The Bertz CT molecular complexity index is 360. The average Bonchev–Trinajstić information content (AvgIpc) is 2.50. The first-order chi connectivity index (χ1) is 10.7. The lowest BCUT2D eigenvalue weighted by Gasteiger charge is -2.30. The Morgan fingerprint density at radius 3 is 1.59 bits per heavy atom. The van der Waals surface area contributed by atoms with Gasteiger partial charge in [-0.1, -0.05) is 38.2 Å². The molecule has 4 heteroatoms. The molecule has 0 spiro atoms. The van der Waals surface area contributed by atoms with Crippen LogP contribution in [0.3, 0.4) is 0 Å². The van der Waals surface area contributed by atoms with Crippen molar-refractivity contribution in [1.29, 1.82) is 0 Å². The lowest BCUT2D eigenvalue weighted by atomic mass is 9.94. The van der Waals surface area contributed by atoms with E-state index in [0.717, 1.165) is 38.5 Å². The maximum Gasteiger partial charge on any atom is 0.310 e. The minimum atomic E-state index is -0.296.